The highest BCUT2D eigenvalue weighted by atomic mass is 19.2. The standard InChI is InChI=1S/C24H20F2N8O/c1-31(2)22-20-23(29-11-28-22)34(12-5-6-18-19(7-12)33(4)24(35)32(18)3)21(30-20)14-10-27-17-9-16(26)15(25)8-13(14)17/h5-11,27H,1-4H3. The van der Waals surface area contributed by atoms with Crippen LogP contribution < -0.4 is 10.6 Å². The lowest BCUT2D eigenvalue weighted by atomic mass is 10.1. The Labute approximate surface area is 196 Å². The number of nitrogens with one attached hydrogen (secondary N) is 1. The molecule has 35 heavy (non-hydrogen) atoms. The number of rotatable bonds is 3. The van der Waals surface area contributed by atoms with Crippen LogP contribution in [-0.4, -0.2) is 47.7 Å². The summed E-state index contributed by atoms with van der Waals surface area (Å²) in [5.41, 5.74) is 4.18. The normalized spacial score (nSPS) is 11.8. The van der Waals surface area contributed by atoms with E-state index in [1.165, 1.54) is 6.33 Å². The molecule has 176 valence electrons. The van der Waals surface area contributed by atoms with E-state index in [-0.39, 0.29) is 5.69 Å². The molecule has 1 N–H and O–H groups in total. The summed E-state index contributed by atoms with van der Waals surface area (Å²) in [6, 6.07) is 7.90. The Kier molecular flexibility index (Phi) is 4.34. The SMILES string of the molecule is CN(C)c1ncnc2c1nc(-c1c[nH]c3cc(F)c(F)cc13)n2-c1ccc2c(c1)n(C)c(=O)n2C. The predicted molar refractivity (Wildman–Crippen MR) is 130 cm³/mol. The smallest absolute Gasteiger partial charge is 0.328 e. The second kappa shape index (κ2) is 7.23. The fraction of sp³-hybridized carbons (Fsp3) is 0.167. The first-order chi connectivity index (χ1) is 16.8. The van der Waals surface area contributed by atoms with Gasteiger partial charge in [0, 0.05) is 56.9 Å². The Morgan fingerprint density at radius 1 is 0.971 bits per heavy atom. The third-order valence-electron chi connectivity index (χ3n) is 6.33. The second-order valence-corrected chi connectivity index (χ2v) is 8.62. The summed E-state index contributed by atoms with van der Waals surface area (Å²) in [4.78, 5) is 31.1. The van der Waals surface area contributed by atoms with Crippen molar-refractivity contribution in [3.05, 3.63) is 65.0 Å². The highest BCUT2D eigenvalue weighted by Crippen LogP contribution is 2.35. The first-order valence-corrected chi connectivity index (χ1v) is 10.8. The Morgan fingerprint density at radius 2 is 1.71 bits per heavy atom. The number of anilines is 1. The van der Waals surface area contributed by atoms with Gasteiger partial charge in [0.2, 0.25) is 0 Å². The minimum absolute atomic E-state index is 0.140. The van der Waals surface area contributed by atoms with Crippen LogP contribution in [0, 0.1) is 11.6 Å². The van der Waals surface area contributed by atoms with Crippen LogP contribution in [0.2, 0.25) is 0 Å². The molecule has 0 unspecified atom stereocenters. The molecule has 4 heterocycles. The molecule has 0 radical (unpaired) electrons. The van der Waals surface area contributed by atoms with E-state index >= 15 is 0 Å². The maximum Gasteiger partial charge on any atom is 0.328 e. The van der Waals surface area contributed by atoms with E-state index in [1.807, 2.05) is 41.8 Å². The van der Waals surface area contributed by atoms with Crippen LogP contribution in [0.15, 0.2) is 47.7 Å². The third-order valence-corrected chi connectivity index (χ3v) is 6.33. The molecule has 6 aromatic rings. The van der Waals surface area contributed by atoms with Crippen LogP contribution >= 0.6 is 0 Å². The van der Waals surface area contributed by atoms with E-state index in [0.717, 1.165) is 23.2 Å². The number of aryl methyl sites for hydroxylation is 2. The number of imidazole rings is 2. The topological polar surface area (TPSA) is 89.6 Å². The maximum atomic E-state index is 14.2. The summed E-state index contributed by atoms with van der Waals surface area (Å²) in [5.74, 6) is -0.799. The van der Waals surface area contributed by atoms with E-state index in [9.17, 15) is 13.6 Å². The van der Waals surface area contributed by atoms with Crippen molar-refractivity contribution >= 4 is 38.9 Å². The number of fused-ring (bicyclic) bond motifs is 3. The van der Waals surface area contributed by atoms with Crippen LogP contribution in [0.25, 0.3) is 50.2 Å². The number of hydrogen-bond acceptors (Lipinski definition) is 5. The molecule has 2 aromatic carbocycles. The molecule has 4 aromatic heterocycles. The van der Waals surface area contributed by atoms with E-state index in [4.69, 9.17) is 4.98 Å². The molecule has 0 spiro atoms. The zero-order valence-corrected chi connectivity index (χ0v) is 19.3. The summed E-state index contributed by atoms with van der Waals surface area (Å²) < 4.78 is 33.1. The van der Waals surface area contributed by atoms with Gasteiger partial charge in [-0.15, -0.1) is 0 Å². The largest absolute Gasteiger partial charge is 0.361 e. The summed E-state index contributed by atoms with van der Waals surface area (Å²) in [6.07, 6.45) is 3.13. The lowest BCUT2D eigenvalue weighted by Crippen LogP contribution is -2.19. The van der Waals surface area contributed by atoms with Crippen molar-refractivity contribution in [2.45, 2.75) is 0 Å². The van der Waals surface area contributed by atoms with Crippen molar-refractivity contribution < 1.29 is 8.78 Å². The molecular weight excluding hydrogens is 454 g/mol. The highest BCUT2D eigenvalue weighted by Gasteiger charge is 2.23. The predicted octanol–water partition coefficient (Wildman–Crippen LogP) is 3.50. The van der Waals surface area contributed by atoms with Crippen molar-refractivity contribution in [2.75, 3.05) is 19.0 Å². The van der Waals surface area contributed by atoms with E-state index in [1.54, 1.807) is 29.4 Å². The molecule has 6 rings (SSSR count). The van der Waals surface area contributed by atoms with Gasteiger partial charge in [-0.1, -0.05) is 0 Å². The third kappa shape index (κ3) is 2.90. The summed E-state index contributed by atoms with van der Waals surface area (Å²) in [6.45, 7) is 0. The molecule has 9 nitrogen and oxygen atoms in total. The van der Waals surface area contributed by atoms with Crippen LogP contribution in [-0.2, 0) is 14.1 Å². The van der Waals surface area contributed by atoms with Gasteiger partial charge in [0.15, 0.2) is 28.6 Å². The zero-order chi connectivity index (χ0) is 24.6. The monoisotopic (exact) mass is 474 g/mol. The van der Waals surface area contributed by atoms with Gasteiger partial charge in [-0.05, 0) is 24.3 Å². The van der Waals surface area contributed by atoms with Crippen LogP contribution in [0.4, 0.5) is 14.6 Å². The molecule has 0 aliphatic rings. The van der Waals surface area contributed by atoms with Crippen molar-refractivity contribution in [3.63, 3.8) is 0 Å². The van der Waals surface area contributed by atoms with Gasteiger partial charge in [0.05, 0.1) is 16.7 Å². The number of halogens is 2. The average molecular weight is 474 g/mol. The highest BCUT2D eigenvalue weighted by molar-refractivity contribution is 5.98. The van der Waals surface area contributed by atoms with Crippen molar-refractivity contribution in [1.29, 1.82) is 0 Å². The van der Waals surface area contributed by atoms with Crippen LogP contribution in [0.1, 0.15) is 0 Å². The number of nitrogens with zero attached hydrogens (tertiary/aromatic N) is 7. The number of hydrogen-bond donors (Lipinski definition) is 1. The van der Waals surface area contributed by atoms with Crippen LogP contribution in [0.3, 0.4) is 0 Å². The Bertz CT molecular complexity index is 1860. The zero-order valence-electron chi connectivity index (χ0n) is 19.3. The van der Waals surface area contributed by atoms with Gasteiger partial charge in [0.25, 0.3) is 0 Å². The molecule has 0 saturated carbocycles. The van der Waals surface area contributed by atoms with Gasteiger partial charge in [-0.25, -0.2) is 28.5 Å². The lowest BCUT2D eigenvalue weighted by Gasteiger charge is -2.11. The van der Waals surface area contributed by atoms with E-state index < -0.39 is 11.6 Å². The van der Waals surface area contributed by atoms with Crippen molar-refractivity contribution in [1.82, 2.24) is 33.6 Å². The number of benzene rings is 2. The minimum Gasteiger partial charge on any atom is -0.361 e. The summed E-state index contributed by atoms with van der Waals surface area (Å²) in [7, 11) is 7.15. The first-order valence-electron chi connectivity index (χ1n) is 10.8. The fourth-order valence-corrected chi connectivity index (χ4v) is 4.57. The van der Waals surface area contributed by atoms with E-state index in [0.29, 0.717) is 45.0 Å². The van der Waals surface area contributed by atoms with Gasteiger partial charge in [-0.3, -0.25) is 13.7 Å². The summed E-state index contributed by atoms with van der Waals surface area (Å²) >= 11 is 0. The molecular formula is C24H20F2N8O. The molecule has 0 aliphatic heterocycles. The Morgan fingerprint density at radius 3 is 2.49 bits per heavy atom. The van der Waals surface area contributed by atoms with Gasteiger partial charge < -0.3 is 9.88 Å². The lowest BCUT2D eigenvalue weighted by molar-refractivity contribution is 0.511. The van der Waals surface area contributed by atoms with Crippen molar-refractivity contribution in [2.24, 2.45) is 14.1 Å². The molecule has 0 aliphatic carbocycles. The molecule has 11 heteroatoms. The maximum absolute atomic E-state index is 14.2. The minimum atomic E-state index is -0.949. The molecule has 0 saturated heterocycles. The molecule has 0 fully saturated rings. The van der Waals surface area contributed by atoms with E-state index in [2.05, 4.69) is 15.0 Å². The molecule has 0 bridgehead atoms. The fourth-order valence-electron chi connectivity index (χ4n) is 4.57. The van der Waals surface area contributed by atoms with Crippen LogP contribution in [0.5, 0.6) is 0 Å². The van der Waals surface area contributed by atoms with Gasteiger partial charge >= 0.3 is 5.69 Å². The van der Waals surface area contributed by atoms with Gasteiger partial charge in [-0.2, -0.15) is 0 Å². The molecule has 0 amide bonds. The second-order valence-electron chi connectivity index (χ2n) is 8.62. The average Bonchev–Trinajstić information content (AvgIpc) is 3.48. The quantitative estimate of drug-likeness (QED) is 0.424. The number of aromatic amines is 1. The Balaban J connectivity index is 1.73. The molecule has 0 atom stereocenters. The van der Waals surface area contributed by atoms with Gasteiger partial charge in [0.1, 0.15) is 12.2 Å². The Hall–Kier alpha value is -4.54. The first kappa shape index (κ1) is 21.0. The number of H-pyrrole nitrogens is 1. The van der Waals surface area contributed by atoms with Crippen molar-refractivity contribution in [3.8, 4) is 17.1 Å². The summed E-state index contributed by atoms with van der Waals surface area (Å²) in [5, 5.41) is 0.480. The number of aromatic nitrogens is 7.